The van der Waals surface area contributed by atoms with Crippen LogP contribution in [0.15, 0.2) is 9.51 Å². The van der Waals surface area contributed by atoms with E-state index in [9.17, 15) is 0 Å². The lowest BCUT2D eigenvalue weighted by atomic mass is 10.3. The molecule has 0 unspecified atom stereocenters. The molecule has 11 heavy (non-hydrogen) atoms. The van der Waals surface area contributed by atoms with Crippen molar-refractivity contribution in [1.29, 1.82) is 0 Å². The number of rotatable bonds is 6. The van der Waals surface area contributed by atoms with Crippen molar-refractivity contribution in [3.05, 3.63) is 0 Å². The summed E-state index contributed by atoms with van der Waals surface area (Å²) in [6.45, 7) is 2.88. The van der Waals surface area contributed by atoms with Gasteiger partial charge in [-0.05, 0) is 26.2 Å². The van der Waals surface area contributed by atoms with Gasteiger partial charge in [-0.3, -0.25) is 0 Å². The molecular weight excluding hydrogens is 223 g/mol. The van der Waals surface area contributed by atoms with Crippen LogP contribution in [0.25, 0.3) is 0 Å². The zero-order valence-corrected chi connectivity index (χ0v) is 9.31. The average Bonchev–Trinajstić information content (AvgIpc) is 2.03. The van der Waals surface area contributed by atoms with Crippen LogP contribution < -0.4 is 0 Å². The summed E-state index contributed by atoms with van der Waals surface area (Å²) >= 11 is 3.38. The number of nitrogens with zero attached hydrogens (tertiary/aromatic N) is 2. The smallest absolute Gasteiger partial charge is 0.148 e. The predicted octanol–water partition coefficient (Wildman–Crippen LogP) is 3.69. The molecule has 64 valence electrons. The highest BCUT2D eigenvalue weighted by atomic mass is 79.9. The number of halogens is 1. The van der Waals surface area contributed by atoms with Crippen LogP contribution in [-0.4, -0.2) is 18.1 Å². The van der Waals surface area contributed by atoms with Gasteiger partial charge in [0.15, 0.2) is 0 Å². The number of hydrogen-bond donors (Lipinski definition) is 0. The Labute approximate surface area is 78.6 Å². The Kier molecular flexibility index (Phi) is 10.5. The van der Waals surface area contributed by atoms with E-state index in [1.807, 2.05) is 13.1 Å². The molecule has 0 saturated carbocycles. The first-order valence-corrected chi connectivity index (χ1v) is 5.78. The first-order valence-electron chi connectivity index (χ1n) is 3.86. The zero-order valence-electron chi connectivity index (χ0n) is 6.83. The Balaban J connectivity index is 3.09. The lowest BCUT2D eigenvalue weighted by molar-refractivity contribution is 0.857. The molecule has 0 spiro atoms. The van der Waals surface area contributed by atoms with E-state index in [0.29, 0.717) is 0 Å². The quantitative estimate of drug-likeness (QED) is 0.291. The maximum atomic E-state index is 4.10. The Morgan fingerprint density at radius 2 is 2.27 bits per heavy atom. The van der Waals surface area contributed by atoms with Gasteiger partial charge >= 0.3 is 0 Å². The molecule has 2 nitrogen and oxygen atoms in total. The third-order valence-corrected chi connectivity index (χ3v) is 2.29. The summed E-state index contributed by atoms with van der Waals surface area (Å²) in [6, 6.07) is 0. The second-order valence-electron chi connectivity index (χ2n) is 2.03. The summed E-state index contributed by atoms with van der Waals surface area (Å²) in [7, 11) is 0.860. The molecule has 0 aliphatic carbocycles. The molecule has 0 aliphatic rings. The highest BCUT2D eigenvalue weighted by molar-refractivity contribution is 9.09. The fourth-order valence-corrected chi connectivity index (χ4v) is 1.31. The molecule has 0 saturated heterocycles. The predicted molar refractivity (Wildman–Crippen MR) is 56.0 cm³/mol. The summed E-state index contributed by atoms with van der Waals surface area (Å²) < 4.78 is 8.15. The topological polar surface area (TPSA) is 24.7 Å². The van der Waals surface area contributed by atoms with E-state index >= 15 is 0 Å². The van der Waals surface area contributed by atoms with Crippen LogP contribution in [0.3, 0.4) is 0 Å². The van der Waals surface area contributed by atoms with Gasteiger partial charge in [-0.25, -0.2) is 9.51 Å². The van der Waals surface area contributed by atoms with Gasteiger partial charge in [0.25, 0.3) is 0 Å². The third kappa shape index (κ3) is 10.2. The normalized spacial score (nSPS) is 11.8. The van der Waals surface area contributed by atoms with Gasteiger partial charge in [0.1, 0.15) is 8.52 Å². The SMILES string of the molecule is CCN=PN=CCCCCBr. The van der Waals surface area contributed by atoms with Crippen LogP contribution in [0.5, 0.6) is 0 Å². The fraction of sp³-hybridized carbons (Fsp3) is 0.857. The standard InChI is InChI=1S/C7H14BrN2P/c1-2-9-11-10-7-5-3-4-6-8/h7H,2-6H2,1H3. The van der Waals surface area contributed by atoms with Crippen molar-refractivity contribution in [2.24, 2.45) is 9.51 Å². The largest absolute Gasteiger partial charge is 0.247 e. The molecule has 0 aromatic carbocycles. The first kappa shape index (κ1) is 11.2. The van der Waals surface area contributed by atoms with Crippen molar-refractivity contribution in [1.82, 2.24) is 0 Å². The van der Waals surface area contributed by atoms with E-state index in [1.54, 1.807) is 0 Å². The lowest BCUT2D eigenvalue weighted by Gasteiger charge is -1.87. The molecular formula is C7H14BrN2P. The summed E-state index contributed by atoms with van der Waals surface area (Å²) in [6.07, 6.45) is 5.49. The molecule has 0 aromatic rings. The van der Waals surface area contributed by atoms with E-state index in [2.05, 4.69) is 25.4 Å². The Bertz CT molecular complexity index is 126. The second-order valence-corrected chi connectivity index (χ2v) is 3.52. The maximum Gasteiger partial charge on any atom is 0.148 e. The van der Waals surface area contributed by atoms with Gasteiger partial charge in [-0.15, -0.1) is 0 Å². The molecule has 0 atom stereocenters. The second kappa shape index (κ2) is 10.2. The van der Waals surface area contributed by atoms with Crippen LogP contribution >= 0.6 is 24.5 Å². The fourth-order valence-electron chi connectivity index (χ4n) is 0.524. The maximum absolute atomic E-state index is 4.10. The number of hydrogen-bond acceptors (Lipinski definition) is 1. The van der Waals surface area contributed by atoms with Crippen molar-refractivity contribution in [2.45, 2.75) is 26.2 Å². The van der Waals surface area contributed by atoms with E-state index < -0.39 is 0 Å². The summed E-state index contributed by atoms with van der Waals surface area (Å²) in [5.74, 6) is 0. The van der Waals surface area contributed by atoms with Gasteiger partial charge in [0.2, 0.25) is 0 Å². The minimum atomic E-state index is 0.860. The van der Waals surface area contributed by atoms with E-state index in [-0.39, 0.29) is 0 Å². The lowest BCUT2D eigenvalue weighted by Crippen LogP contribution is -1.76. The molecule has 0 fully saturated rings. The summed E-state index contributed by atoms with van der Waals surface area (Å²) in [5.41, 5.74) is 0. The first-order chi connectivity index (χ1) is 5.41. The molecule has 0 aromatic heterocycles. The van der Waals surface area contributed by atoms with Crippen molar-refractivity contribution < 1.29 is 0 Å². The van der Waals surface area contributed by atoms with E-state index in [4.69, 9.17) is 0 Å². The van der Waals surface area contributed by atoms with Crippen molar-refractivity contribution in [3.8, 4) is 0 Å². The minimum Gasteiger partial charge on any atom is -0.247 e. The number of alkyl halides is 1. The minimum absolute atomic E-state index is 0.860. The van der Waals surface area contributed by atoms with Crippen molar-refractivity contribution in [2.75, 3.05) is 11.9 Å². The molecule has 0 heterocycles. The van der Waals surface area contributed by atoms with Gasteiger partial charge < -0.3 is 0 Å². The molecule has 0 N–H and O–H groups in total. The molecule has 0 bridgehead atoms. The van der Waals surface area contributed by atoms with Gasteiger partial charge in [0.05, 0.1) is 0 Å². The average molecular weight is 237 g/mol. The highest BCUT2D eigenvalue weighted by Crippen LogP contribution is 2.01. The third-order valence-electron chi connectivity index (χ3n) is 1.05. The van der Waals surface area contributed by atoms with Gasteiger partial charge in [-0.2, -0.15) is 0 Å². The molecule has 0 amide bonds. The van der Waals surface area contributed by atoms with Gasteiger partial charge in [-0.1, -0.05) is 15.9 Å². The Hall–Kier alpha value is 0.250. The summed E-state index contributed by atoms with van der Waals surface area (Å²) in [5, 5.41) is 1.10. The van der Waals surface area contributed by atoms with Crippen molar-refractivity contribution >= 4 is 30.7 Å². The highest BCUT2D eigenvalue weighted by Gasteiger charge is 1.81. The number of unbranched alkanes of at least 4 members (excludes halogenated alkanes) is 2. The molecule has 0 rings (SSSR count). The Morgan fingerprint density at radius 3 is 2.91 bits per heavy atom. The molecule has 0 radical (unpaired) electrons. The van der Waals surface area contributed by atoms with Gasteiger partial charge in [0, 0.05) is 18.1 Å². The van der Waals surface area contributed by atoms with Crippen LogP contribution in [-0.2, 0) is 0 Å². The van der Waals surface area contributed by atoms with Crippen LogP contribution in [0.2, 0.25) is 0 Å². The van der Waals surface area contributed by atoms with E-state index in [1.165, 1.54) is 12.8 Å². The van der Waals surface area contributed by atoms with Crippen LogP contribution in [0, 0.1) is 0 Å². The monoisotopic (exact) mass is 236 g/mol. The Morgan fingerprint density at radius 1 is 1.45 bits per heavy atom. The molecule has 4 heteroatoms. The van der Waals surface area contributed by atoms with Crippen LogP contribution in [0.1, 0.15) is 26.2 Å². The zero-order chi connectivity index (χ0) is 8.36. The molecule has 0 aliphatic heterocycles. The van der Waals surface area contributed by atoms with Crippen LogP contribution in [0.4, 0.5) is 0 Å². The van der Waals surface area contributed by atoms with Crippen molar-refractivity contribution in [3.63, 3.8) is 0 Å². The summed E-state index contributed by atoms with van der Waals surface area (Å²) in [4.78, 5) is 0. The van der Waals surface area contributed by atoms with E-state index in [0.717, 1.165) is 26.8 Å².